The van der Waals surface area contributed by atoms with Crippen molar-refractivity contribution in [3.05, 3.63) is 37.0 Å². The number of rotatable bonds is 2. The van der Waals surface area contributed by atoms with E-state index in [2.05, 4.69) is 6.58 Å². The normalized spacial score (nSPS) is 30.5. The third kappa shape index (κ3) is 1.58. The summed E-state index contributed by atoms with van der Waals surface area (Å²) in [5.74, 6) is 0. The predicted molar refractivity (Wildman–Crippen MR) is 42.7 cm³/mol. The van der Waals surface area contributed by atoms with E-state index in [-0.39, 0.29) is 0 Å². The lowest BCUT2D eigenvalue weighted by Gasteiger charge is -2.22. The molecule has 0 bridgehead atoms. The minimum absolute atomic E-state index is 0.633. The molecule has 0 saturated heterocycles. The summed E-state index contributed by atoms with van der Waals surface area (Å²) in [4.78, 5) is 0. The zero-order chi connectivity index (χ0) is 7.45. The van der Waals surface area contributed by atoms with Crippen LogP contribution in [0.3, 0.4) is 0 Å². The average Bonchev–Trinajstić information content (AvgIpc) is 1.89. The molecule has 1 nitrogen and oxygen atoms in total. The maximum atomic E-state index is 9.66. The van der Waals surface area contributed by atoms with E-state index in [1.165, 1.54) is 0 Å². The molecule has 1 N–H and O–H groups in total. The average molecular weight is 136 g/mol. The van der Waals surface area contributed by atoms with Crippen LogP contribution in [0.1, 0.15) is 12.8 Å². The summed E-state index contributed by atoms with van der Waals surface area (Å²) >= 11 is 0. The van der Waals surface area contributed by atoms with Gasteiger partial charge in [0.25, 0.3) is 0 Å². The fraction of sp³-hybridized carbons (Fsp3) is 0.333. The minimum atomic E-state index is -0.656. The SMILES string of the molecule is C=CC[C@]1(O)C=CC=CC1. The van der Waals surface area contributed by atoms with Crippen LogP contribution in [0.2, 0.25) is 0 Å². The molecule has 0 unspecified atom stereocenters. The molecule has 0 spiro atoms. The Morgan fingerprint density at radius 2 is 2.40 bits per heavy atom. The van der Waals surface area contributed by atoms with E-state index in [0.29, 0.717) is 12.8 Å². The van der Waals surface area contributed by atoms with Gasteiger partial charge in [-0.1, -0.05) is 30.4 Å². The first-order chi connectivity index (χ1) is 4.77. The first-order valence-electron chi connectivity index (χ1n) is 3.44. The number of allylic oxidation sites excluding steroid dienone is 2. The van der Waals surface area contributed by atoms with Gasteiger partial charge in [0.15, 0.2) is 0 Å². The highest BCUT2D eigenvalue weighted by molar-refractivity contribution is 5.18. The van der Waals surface area contributed by atoms with E-state index in [4.69, 9.17) is 0 Å². The van der Waals surface area contributed by atoms with Crippen molar-refractivity contribution in [2.24, 2.45) is 0 Å². The molecule has 1 atom stereocenters. The molecule has 0 fully saturated rings. The molecule has 1 rings (SSSR count). The van der Waals surface area contributed by atoms with Gasteiger partial charge in [-0.25, -0.2) is 0 Å². The zero-order valence-corrected chi connectivity index (χ0v) is 5.96. The maximum Gasteiger partial charge on any atom is 0.0899 e. The van der Waals surface area contributed by atoms with Gasteiger partial charge >= 0.3 is 0 Å². The van der Waals surface area contributed by atoms with Crippen molar-refractivity contribution in [3.8, 4) is 0 Å². The summed E-state index contributed by atoms with van der Waals surface area (Å²) in [7, 11) is 0. The van der Waals surface area contributed by atoms with Crippen molar-refractivity contribution in [2.45, 2.75) is 18.4 Å². The van der Waals surface area contributed by atoms with Gasteiger partial charge in [-0.15, -0.1) is 6.58 Å². The van der Waals surface area contributed by atoms with Gasteiger partial charge in [0.05, 0.1) is 5.60 Å². The Balaban J connectivity index is 2.60. The molecule has 10 heavy (non-hydrogen) atoms. The molecule has 0 saturated carbocycles. The lowest BCUT2D eigenvalue weighted by atomic mass is 9.92. The number of hydrogen-bond donors (Lipinski definition) is 1. The van der Waals surface area contributed by atoms with Gasteiger partial charge in [0.1, 0.15) is 0 Å². The summed E-state index contributed by atoms with van der Waals surface area (Å²) < 4.78 is 0. The van der Waals surface area contributed by atoms with E-state index in [0.717, 1.165) is 0 Å². The second kappa shape index (κ2) is 2.84. The third-order valence-electron chi connectivity index (χ3n) is 1.62. The fourth-order valence-electron chi connectivity index (χ4n) is 1.05. The Hall–Kier alpha value is -0.820. The van der Waals surface area contributed by atoms with Crippen LogP contribution in [-0.2, 0) is 0 Å². The van der Waals surface area contributed by atoms with Gasteiger partial charge < -0.3 is 5.11 Å². The van der Waals surface area contributed by atoms with Crippen LogP contribution in [0.4, 0.5) is 0 Å². The van der Waals surface area contributed by atoms with Gasteiger partial charge in [-0.3, -0.25) is 0 Å². The second-order valence-electron chi connectivity index (χ2n) is 2.59. The van der Waals surface area contributed by atoms with E-state index < -0.39 is 5.60 Å². The van der Waals surface area contributed by atoms with Crippen LogP contribution in [0.25, 0.3) is 0 Å². The highest BCUT2D eigenvalue weighted by Crippen LogP contribution is 2.21. The van der Waals surface area contributed by atoms with Crippen molar-refractivity contribution in [1.29, 1.82) is 0 Å². The molecule has 54 valence electrons. The van der Waals surface area contributed by atoms with Crippen LogP contribution in [0.15, 0.2) is 37.0 Å². The van der Waals surface area contributed by atoms with Crippen LogP contribution < -0.4 is 0 Å². The molecule has 0 heterocycles. The summed E-state index contributed by atoms with van der Waals surface area (Å²) in [6.07, 6.45) is 10.7. The van der Waals surface area contributed by atoms with Crippen molar-refractivity contribution in [1.82, 2.24) is 0 Å². The zero-order valence-electron chi connectivity index (χ0n) is 5.96. The van der Waals surface area contributed by atoms with Crippen LogP contribution >= 0.6 is 0 Å². The highest BCUT2D eigenvalue weighted by Gasteiger charge is 2.20. The molecule has 1 aliphatic rings. The standard InChI is InChI=1S/C9H12O/c1-2-6-9(10)7-4-3-5-8-9/h2-5,7,10H,1,6,8H2/t9-/m0/s1. The van der Waals surface area contributed by atoms with E-state index >= 15 is 0 Å². The molecule has 0 aromatic rings. The summed E-state index contributed by atoms with van der Waals surface area (Å²) in [5.41, 5.74) is -0.656. The second-order valence-corrected chi connectivity index (χ2v) is 2.59. The van der Waals surface area contributed by atoms with Crippen LogP contribution in [-0.4, -0.2) is 10.7 Å². The highest BCUT2D eigenvalue weighted by atomic mass is 16.3. The van der Waals surface area contributed by atoms with Crippen molar-refractivity contribution >= 4 is 0 Å². The lowest BCUT2D eigenvalue weighted by molar-refractivity contribution is 0.0964. The Bertz CT molecular complexity index is 175. The van der Waals surface area contributed by atoms with Gasteiger partial charge in [-0.2, -0.15) is 0 Å². The fourth-order valence-corrected chi connectivity index (χ4v) is 1.05. The van der Waals surface area contributed by atoms with Crippen molar-refractivity contribution < 1.29 is 5.11 Å². The molecular weight excluding hydrogens is 124 g/mol. The third-order valence-corrected chi connectivity index (χ3v) is 1.62. The van der Waals surface area contributed by atoms with E-state index in [9.17, 15) is 5.11 Å². The minimum Gasteiger partial charge on any atom is -0.385 e. The van der Waals surface area contributed by atoms with E-state index in [1.54, 1.807) is 6.08 Å². The van der Waals surface area contributed by atoms with Crippen LogP contribution in [0, 0.1) is 0 Å². The number of hydrogen-bond acceptors (Lipinski definition) is 1. The predicted octanol–water partition coefficient (Wildman–Crippen LogP) is 1.81. The molecule has 1 heteroatoms. The van der Waals surface area contributed by atoms with Crippen molar-refractivity contribution in [3.63, 3.8) is 0 Å². The molecular formula is C9H12O. The topological polar surface area (TPSA) is 20.2 Å². The summed E-state index contributed by atoms with van der Waals surface area (Å²) in [6, 6.07) is 0. The van der Waals surface area contributed by atoms with E-state index in [1.807, 2.05) is 24.3 Å². The molecule has 1 aliphatic carbocycles. The quantitative estimate of drug-likeness (QED) is 0.574. The van der Waals surface area contributed by atoms with Gasteiger partial charge in [0, 0.05) is 0 Å². The largest absolute Gasteiger partial charge is 0.385 e. The molecule has 0 radical (unpaired) electrons. The van der Waals surface area contributed by atoms with Gasteiger partial charge in [-0.05, 0) is 12.8 Å². The Kier molecular flexibility index (Phi) is 2.07. The van der Waals surface area contributed by atoms with Crippen LogP contribution in [0.5, 0.6) is 0 Å². The van der Waals surface area contributed by atoms with Gasteiger partial charge in [0.2, 0.25) is 0 Å². The Morgan fingerprint density at radius 3 is 2.90 bits per heavy atom. The Labute approximate surface area is 61.4 Å². The smallest absolute Gasteiger partial charge is 0.0899 e. The lowest BCUT2D eigenvalue weighted by Crippen LogP contribution is -2.24. The van der Waals surface area contributed by atoms with Crippen molar-refractivity contribution in [2.75, 3.05) is 0 Å². The Morgan fingerprint density at radius 1 is 1.60 bits per heavy atom. The molecule has 0 amide bonds. The summed E-state index contributed by atoms with van der Waals surface area (Å²) in [6.45, 7) is 3.58. The molecule has 0 aromatic carbocycles. The molecule has 0 aliphatic heterocycles. The first kappa shape index (κ1) is 7.29. The number of aliphatic hydroxyl groups is 1. The maximum absolute atomic E-state index is 9.66. The monoisotopic (exact) mass is 136 g/mol. The molecule has 0 aromatic heterocycles. The first-order valence-corrected chi connectivity index (χ1v) is 3.44. The summed E-state index contributed by atoms with van der Waals surface area (Å²) in [5, 5.41) is 9.66.